The molecule has 0 saturated carbocycles. The third kappa shape index (κ3) is 5.38. The van der Waals surface area contributed by atoms with Gasteiger partial charge in [0.2, 0.25) is 0 Å². The second-order valence-corrected chi connectivity index (χ2v) is 8.97. The highest BCUT2D eigenvalue weighted by molar-refractivity contribution is 6.21. The van der Waals surface area contributed by atoms with Gasteiger partial charge in [0, 0.05) is 6.54 Å². The molecule has 3 amide bonds. The highest BCUT2D eigenvalue weighted by atomic mass is 16.7. The van der Waals surface area contributed by atoms with Crippen molar-refractivity contribution in [3.8, 4) is 11.1 Å². The number of fused-ring (bicyclic) bond motifs is 1. The minimum absolute atomic E-state index is 0.177. The number of hydrogen-bond donors (Lipinski definition) is 1. The van der Waals surface area contributed by atoms with Crippen molar-refractivity contribution in [2.75, 3.05) is 0 Å². The average Bonchev–Trinajstić information content (AvgIpc) is 3.07. The van der Waals surface area contributed by atoms with Gasteiger partial charge >= 0.3 is 12.1 Å². The molecule has 0 aromatic heterocycles. The second kappa shape index (κ2) is 9.42. The van der Waals surface area contributed by atoms with Gasteiger partial charge in [0.15, 0.2) is 0 Å². The summed E-state index contributed by atoms with van der Waals surface area (Å²) in [5.41, 5.74) is 2.34. The summed E-state index contributed by atoms with van der Waals surface area (Å²) in [6.07, 6.45) is -0.513. The van der Waals surface area contributed by atoms with Crippen LogP contribution >= 0.6 is 0 Å². The number of amides is 3. The number of rotatable bonds is 5. The Labute approximate surface area is 202 Å². The van der Waals surface area contributed by atoms with Crippen molar-refractivity contribution in [2.45, 2.75) is 32.9 Å². The number of hydroxylamine groups is 2. The van der Waals surface area contributed by atoms with E-state index in [0.29, 0.717) is 5.06 Å². The zero-order valence-electron chi connectivity index (χ0n) is 19.5. The highest BCUT2D eigenvalue weighted by Crippen LogP contribution is 2.25. The number of benzene rings is 3. The summed E-state index contributed by atoms with van der Waals surface area (Å²) in [5, 5.41) is 3.20. The van der Waals surface area contributed by atoms with Crippen molar-refractivity contribution in [3.63, 3.8) is 0 Å². The highest BCUT2D eigenvalue weighted by Gasteiger charge is 2.38. The second-order valence-electron chi connectivity index (χ2n) is 8.97. The largest absolute Gasteiger partial charge is 0.444 e. The molecule has 3 aromatic carbocycles. The first-order valence-corrected chi connectivity index (χ1v) is 11.0. The Morgan fingerprint density at radius 2 is 1.43 bits per heavy atom. The summed E-state index contributed by atoms with van der Waals surface area (Å²) >= 11 is 0. The molecular formula is C27H24N2O6. The van der Waals surface area contributed by atoms with Crippen LogP contribution < -0.4 is 5.32 Å². The summed E-state index contributed by atoms with van der Waals surface area (Å²) in [6, 6.07) is 20.4. The van der Waals surface area contributed by atoms with Gasteiger partial charge in [-0.15, -0.1) is 0 Å². The predicted molar refractivity (Wildman–Crippen MR) is 127 cm³/mol. The number of alkyl carbamates (subject to hydrolysis) is 1. The van der Waals surface area contributed by atoms with Gasteiger partial charge in [0.1, 0.15) is 5.60 Å². The zero-order valence-corrected chi connectivity index (χ0v) is 19.5. The molecule has 0 unspecified atom stereocenters. The van der Waals surface area contributed by atoms with Crippen molar-refractivity contribution in [3.05, 3.63) is 95.1 Å². The maximum Gasteiger partial charge on any atom is 0.407 e. The van der Waals surface area contributed by atoms with Crippen LogP contribution in [-0.2, 0) is 16.1 Å². The van der Waals surface area contributed by atoms with E-state index < -0.39 is 29.5 Å². The molecule has 35 heavy (non-hydrogen) atoms. The van der Waals surface area contributed by atoms with E-state index in [2.05, 4.69) is 5.32 Å². The van der Waals surface area contributed by atoms with Crippen LogP contribution in [0.4, 0.5) is 4.79 Å². The Morgan fingerprint density at radius 1 is 0.829 bits per heavy atom. The van der Waals surface area contributed by atoms with Crippen LogP contribution in [0, 0.1) is 0 Å². The van der Waals surface area contributed by atoms with E-state index >= 15 is 0 Å². The van der Waals surface area contributed by atoms with E-state index in [1.54, 1.807) is 45.0 Å². The van der Waals surface area contributed by atoms with E-state index in [0.717, 1.165) is 16.7 Å². The standard InChI is InChI=1S/C27H24N2O6/c1-27(2,3)34-26(33)28-16-17-8-6-9-18(14-17)19-10-7-11-20(15-19)25(32)35-29-23(30)21-12-4-5-13-22(21)24(29)31/h4-15H,16H2,1-3H3,(H,28,33). The van der Waals surface area contributed by atoms with Crippen LogP contribution in [0.1, 0.15) is 57.4 Å². The van der Waals surface area contributed by atoms with Gasteiger partial charge in [-0.25, -0.2) is 9.59 Å². The van der Waals surface area contributed by atoms with Crippen molar-refractivity contribution in [1.82, 2.24) is 10.4 Å². The van der Waals surface area contributed by atoms with Gasteiger partial charge in [0.25, 0.3) is 11.8 Å². The molecule has 1 aliphatic heterocycles. The quantitative estimate of drug-likeness (QED) is 0.538. The van der Waals surface area contributed by atoms with Crippen molar-refractivity contribution >= 4 is 23.9 Å². The van der Waals surface area contributed by atoms with Crippen molar-refractivity contribution in [2.24, 2.45) is 0 Å². The van der Waals surface area contributed by atoms with E-state index in [4.69, 9.17) is 9.57 Å². The monoisotopic (exact) mass is 472 g/mol. The molecule has 4 rings (SSSR count). The summed E-state index contributed by atoms with van der Waals surface area (Å²) in [4.78, 5) is 54.8. The van der Waals surface area contributed by atoms with Gasteiger partial charge in [-0.2, -0.15) is 0 Å². The average molecular weight is 472 g/mol. The van der Waals surface area contributed by atoms with E-state index in [1.807, 2.05) is 30.3 Å². The van der Waals surface area contributed by atoms with Crippen LogP contribution in [0.15, 0.2) is 72.8 Å². The van der Waals surface area contributed by atoms with E-state index in [-0.39, 0.29) is 23.2 Å². The van der Waals surface area contributed by atoms with Gasteiger partial charge in [-0.3, -0.25) is 9.59 Å². The molecule has 0 bridgehead atoms. The first kappa shape index (κ1) is 23.7. The molecule has 1 aliphatic rings. The number of carbonyl (C=O) groups is 4. The molecule has 178 valence electrons. The number of imide groups is 1. The maximum absolute atomic E-state index is 12.8. The molecule has 8 heteroatoms. The molecule has 1 N–H and O–H groups in total. The topological polar surface area (TPSA) is 102 Å². The first-order valence-electron chi connectivity index (χ1n) is 11.0. The fourth-order valence-corrected chi connectivity index (χ4v) is 3.56. The predicted octanol–water partition coefficient (Wildman–Crippen LogP) is 4.75. The number of ether oxygens (including phenoxy) is 1. The number of nitrogens with one attached hydrogen (secondary N) is 1. The Morgan fingerprint density at radius 3 is 2.06 bits per heavy atom. The number of carbonyl (C=O) groups excluding carboxylic acids is 4. The molecule has 0 fully saturated rings. The van der Waals surface area contributed by atoms with Gasteiger partial charge < -0.3 is 14.9 Å². The van der Waals surface area contributed by atoms with Crippen molar-refractivity contribution in [1.29, 1.82) is 0 Å². The lowest BCUT2D eigenvalue weighted by molar-refractivity contribution is -0.0584. The van der Waals surface area contributed by atoms with Gasteiger partial charge in [0.05, 0.1) is 16.7 Å². The molecule has 3 aromatic rings. The smallest absolute Gasteiger partial charge is 0.407 e. The SMILES string of the molecule is CC(C)(C)OC(=O)NCc1cccc(-c2cccc(C(=O)ON3C(=O)c4ccccc4C3=O)c2)c1. The van der Waals surface area contributed by atoms with Gasteiger partial charge in [-0.1, -0.05) is 47.5 Å². The molecule has 0 atom stereocenters. The lowest BCUT2D eigenvalue weighted by Gasteiger charge is -2.19. The van der Waals surface area contributed by atoms with Crippen LogP contribution in [0.3, 0.4) is 0 Å². The van der Waals surface area contributed by atoms with E-state index in [9.17, 15) is 19.2 Å². The Bertz CT molecular complexity index is 1290. The molecule has 1 heterocycles. The minimum Gasteiger partial charge on any atom is -0.444 e. The summed E-state index contributed by atoms with van der Waals surface area (Å²) in [7, 11) is 0. The lowest BCUT2D eigenvalue weighted by Crippen LogP contribution is -2.32. The third-order valence-corrected chi connectivity index (χ3v) is 5.13. The Kier molecular flexibility index (Phi) is 6.38. The van der Waals surface area contributed by atoms with Crippen LogP contribution in [0.25, 0.3) is 11.1 Å². The molecule has 0 aliphatic carbocycles. The van der Waals surface area contributed by atoms with Crippen molar-refractivity contribution < 1.29 is 28.8 Å². The van der Waals surface area contributed by atoms with Crippen LogP contribution in [0.2, 0.25) is 0 Å². The number of nitrogens with zero attached hydrogens (tertiary/aromatic N) is 1. The molecular weight excluding hydrogens is 448 g/mol. The lowest BCUT2D eigenvalue weighted by atomic mass is 10.0. The van der Waals surface area contributed by atoms with E-state index in [1.165, 1.54) is 18.2 Å². The fraction of sp³-hybridized carbons (Fsp3) is 0.185. The van der Waals surface area contributed by atoms with Crippen LogP contribution in [-0.4, -0.2) is 34.5 Å². The van der Waals surface area contributed by atoms with Gasteiger partial charge in [-0.05, 0) is 67.8 Å². The Hall–Kier alpha value is -4.46. The minimum atomic E-state index is -0.830. The first-order chi connectivity index (χ1) is 16.6. The summed E-state index contributed by atoms with van der Waals surface area (Å²) in [6.45, 7) is 5.64. The molecule has 8 nitrogen and oxygen atoms in total. The molecule has 0 spiro atoms. The zero-order chi connectivity index (χ0) is 25.2. The normalized spacial score (nSPS) is 12.8. The Balaban J connectivity index is 1.46. The summed E-state index contributed by atoms with van der Waals surface area (Å²) in [5.74, 6) is -2.19. The number of hydrogen-bond acceptors (Lipinski definition) is 6. The maximum atomic E-state index is 12.8. The molecule has 0 saturated heterocycles. The summed E-state index contributed by atoms with van der Waals surface area (Å²) < 4.78 is 5.25. The molecule has 0 radical (unpaired) electrons. The van der Waals surface area contributed by atoms with Crippen LogP contribution in [0.5, 0.6) is 0 Å². The third-order valence-electron chi connectivity index (χ3n) is 5.13. The fourth-order valence-electron chi connectivity index (χ4n) is 3.56.